The fourth-order valence-corrected chi connectivity index (χ4v) is 5.96. The van der Waals surface area contributed by atoms with Crippen molar-refractivity contribution in [3.8, 4) is 0 Å². The van der Waals surface area contributed by atoms with E-state index in [9.17, 15) is 18.3 Å². The number of esters is 1. The van der Waals surface area contributed by atoms with Crippen molar-refractivity contribution in [2.75, 3.05) is 26.7 Å². The van der Waals surface area contributed by atoms with Gasteiger partial charge in [0.1, 0.15) is 5.60 Å². The van der Waals surface area contributed by atoms with Gasteiger partial charge in [-0.05, 0) is 42.7 Å². The highest BCUT2D eigenvalue weighted by Crippen LogP contribution is 2.42. The molecule has 1 aliphatic heterocycles. The van der Waals surface area contributed by atoms with Crippen LogP contribution in [0.3, 0.4) is 0 Å². The Kier molecular flexibility index (Phi) is 9.64. The standard InChI is InChI=1S/C26H36N2O5S/c1-33-25(29)16-10-2-3-11-19-27-34(31,32)28-20-17-24(18-21-28)26(30,22-12-6-4-7-13-22)23-14-8-5-9-15-23/h4-9,12-15,24,27,30H,2-3,10-11,16-21H2,1H3. The molecule has 0 aliphatic carbocycles. The first kappa shape index (κ1) is 26.3. The van der Waals surface area contributed by atoms with E-state index in [2.05, 4.69) is 9.46 Å². The lowest BCUT2D eigenvalue weighted by Gasteiger charge is -2.42. The Morgan fingerprint density at radius 2 is 1.50 bits per heavy atom. The monoisotopic (exact) mass is 488 g/mol. The SMILES string of the molecule is COC(=O)CCCCCCNS(=O)(=O)N1CCC(C(O)(c2ccccc2)c2ccccc2)CC1. The van der Waals surface area contributed by atoms with E-state index in [1.807, 2.05) is 60.7 Å². The second-order valence-electron chi connectivity index (χ2n) is 8.81. The summed E-state index contributed by atoms with van der Waals surface area (Å²) in [4.78, 5) is 11.1. The molecule has 2 aromatic carbocycles. The zero-order chi connectivity index (χ0) is 24.4. The van der Waals surface area contributed by atoms with Gasteiger partial charge in [0.15, 0.2) is 0 Å². The Bertz CT molecular complexity index is 951. The molecule has 0 bridgehead atoms. The third-order valence-corrected chi connectivity index (χ3v) is 8.25. The van der Waals surface area contributed by atoms with Crippen molar-refractivity contribution in [2.24, 2.45) is 5.92 Å². The topological polar surface area (TPSA) is 95.9 Å². The Morgan fingerprint density at radius 1 is 0.971 bits per heavy atom. The molecule has 1 saturated heterocycles. The molecule has 0 aromatic heterocycles. The van der Waals surface area contributed by atoms with Gasteiger partial charge in [0, 0.05) is 26.1 Å². The predicted molar refractivity (Wildman–Crippen MR) is 132 cm³/mol. The Hall–Kier alpha value is -2.26. The van der Waals surface area contributed by atoms with E-state index >= 15 is 0 Å². The van der Waals surface area contributed by atoms with E-state index < -0.39 is 15.8 Å². The van der Waals surface area contributed by atoms with Crippen molar-refractivity contribution in [2.45, 2.75) is 50.5 Å². The summed E-state index contributed by atoms with van der Waals surface area (Å²) in [5.41, 5.74) is 0.483. The molecule has 0 spiro atoms. The van der Waals surface area contributed by atoms with Crippen LogP contribution in [0.4, 0.5) is 0 Å². The van der Waals surface area contributed by atoms with E-state index in [-0.39, 0.29) is 11.9 Å². The van der Waals surface area contributed by atoms with Gasteiger partial charge in [-0.25, -0.2) is 4.72 Å². The van der Waals surface area contributed by atoms with Gasteiger partial charge >= 0.3 is 5.97 Å². The van der Waals surface area contributed by atoms with Crippen molar-refractivity contribution >= 4 is 16.2 Å². The molecule has 186 valence electrons. The predicted octanol–water partition coefficient (Wildman–Crippen LogP) is 3.59. The van der Waals surface area contributed by atoms with Gasteiger partial charge in [0.2, 0.25) is 0 Å². The van der Waals surface area contributed by atoms with Crippen LogP contribution < -0.4 is 4.72 Å². The van der Waals surface area contributed by atoms with Gasteiger partial charge < -0.3 is 9.84 Å². The molecular weight excluding hydrogens is 452 g/mol. The molecule has 7 nitrogen and oxygen atoms in total. The summed E-state index contributed by atoms with van der Waals surface area (Å²) in [5, 5.41) is 11.9. The maximum atomic E-state index is 12.8. The number of carbonyl (C=O) groups excluding carboxylic acids is 1. The smallest absolute Gasteiger partial charge is 0.305 e. The van der Waals surface area contributed by atoms with Crippen molar-refractivity contribution in [1.29, 1.82) is 0 Å². The van der Waals surface area contributed by atoms with Crippen LogP contribution >= 0.6 is 0 Å². The van der Waals surface area contributed by atoms with Crippen LogP contribution in [0.25, 0.3) is 0 Å². The summed E-state index contributed by atoms with van der Waals surface area (Å²) in [6.45, 7) is 1.10. The molecule has 8 heteroatoms. The molecular formula is C26H36N2O5S. The number of nitrogens with one attached hydrogen (secondary N) is 1. The molecule has 1 heterocycles. The number of piperidine rings is 1. The summed E-state index contributed by atoms with van der Waals surface area (Å²) in [7, 11) is -2.19. The van der Waals surface area contributed by atoms with Crippen LogP contribution in [-0.2, 0) is 25.3 Å². The number of nitrogens with zero attached hydrogens (tertiary/aromatic N) is 1. The van der Waals surface area contributed by atoms with E-state index in [0.29, 0.717) is 38.9 Å². The Balaban J connectivity index is 1.54. The number of hydrogen-bond donors (Lipinski definition) is 2. The van der Waals surface area contributed by atoms with E-state index in [1.165, 1.54) is 11.4 Å². The average Bonchev–Trinajstić information content (AvgIpc) is 2.88. The summed E-state index contributed by atoms with van der Waals surface area (Å²) in [6, 6.07) is 19.3. The molecule has 0 amide bonds. The molecule has 2 aromatic rings. The molecule has 0 atom stereocenters. The fourth-order valence-electron chi connectivity index (χ4n) is 4.68. The largest absolute Gasteiger partial charge is 0.469 e. The minimum absolute atomic E-state index is 0.0986. The first-order valence-electron chi connectivity index (χ1n) is 12.0. The number of unbranched alkanes of at least 4 members (excludes halogenated alkanes) is 3. The van der Waals surface area contributed by atoms with Crippen molar-refractivity contribution in [3.05, 3.63) is 71.8 Å². The van der Waals surface area contributed by atoms with Crippen LogP contribution in [0, 0.1) is 5.92 Å². The van der Waals surface area contributed by atoms with Gasteiger partial charge in [0.25, 0.3) is 10.2 Å². The molecule has 3 rings (SSSR count). The van der Waals surface area contributed by atoms with Gasteiger partial charge in [-0.1, -0.05) is 73.5 Å². The lowest BCUT2D eigenvalue weighted by molar-refractivity contribution is -0.140. The molecule has 0 saturated carbocycles. The van der Waals surface area contributed by atoms with Crippen LogP contribution in [0.5, 0.6) is 0 Å². The summed E-state index contributed by atoms with van der Waals surface area (Å²) >= 11 is 0. The number of methoxy groups -OCH3 is 1. The summed E-state index contributed by atoms with van der Waals surface area (Å²) in [5.74, 6) is -0.311. The quantitative estimate of drug-likeness (QED) is 0.352. The van der Waals surface area contributed by atoms with E-state index in [1.54, 1.807) is 0 Å². The van der Waals surface area contributed by atoms with Crippen molar-refractivity contribution < 1.29 is 23.1 Å². The normalized spacial score (nSPS) is 15.8. The lowest BCUT2D eigenvalue weighted by atomic mass is 9.72. The number of hydrogen-bond acceptors (Lipinski definition) is 5. The number of benzene rings is 2. The zero-order valence-corrected chi connectivity index (χ0v) is 20.7. The second-order valence-corrected chi connectivity index (χ2v) is 10.6. The van der Waals surface area contributed by atoms with Crippen LogP contribution in [-0.4, -0.2) is 50.5 Å². The third-order valence-electron chi connectivity index (χ3n) is 6.63. The molecule has 1 fully saturated rings. The fraction of sp³-hybridized carbons (Fsp3) is 0.500. The first-order valence-corrected chi connectivity index (χ1v) is 13.5. The van der Waals surface area contributed by atoms with Gasteiger partial charge in [0.05, 0.1) is 7.11 Å². The Labute approximate surface area is 203 Å². The molecule has 0 unspecified atom stereocenters. The highest BCUT2D eigenvalue weighted by Gasteiger charge is 2.42. The lowest BCUT2D eigenvalue weighted by Crippen LogP contribution is -2.49. The second kappa shape index (κ2) is 12.4. The Morgan fingerprint density at radius 3 is 2.03 bits per heavy atom. The molecule has 1 aliphatic rings. The third kappa shape index (κ3) is 6.66. The molecule has 2 N–H and O–H groups in total. The average molecular weight is 489 g/mol. The van der Waals surface area contributed by atoms with E-state index in [0.717, 1.165) is 36.8 Å². The van der Waals surface area contributed by atoms with Gasteiger partial charge in [-0.15, -0.1) is 0 Å². The molecule has 34 heavy (non-hydrogen) atoms. The summed E-state index contributed by atoms with van der Waals surface area (Å²) < 4.78 is 34.4. The van der Waals surface area contributed by atoms with Crippen LogP contribution in [0.2, 0.25) is 0 Å². The highest BCUT2D eigenvalue weighted by atomic mass is 32.2. The first-order chi connectivity index (χ1) is 16.4. The number of rotatable bonds is 12. The van der Waals surface area contributed by atoms with Crippen LogP contribution in [0.1, 0.15) is 56.1 Å². The summed E-state index contributed by atoms with van der Waals surface area (Å²) in [6.07, 6.45) is 4.71. The van der Waals surface area contributed by atoms with Crippen molar-refractivity contribution in [1.82, 2.24) is 9.03 Å². The maximum absolute atomic E-state index is 12.8. The number of ether oxygens (including phenoxy) is 1. The molecule has 0 radical (unpaired) electrons. The highest BCUT2D eigenvalue weighted by molar-refractivity contribution is 7.87. The number of carbonyl (C=O) groups is 1. The van der Waals surface area contributed by atoms with Gasteiger partial charge in [-0.3, -0.25) is 4.79 Å². The zero-order valence-electron chi connectivity index (χ0n) is 19.9. The van der Waals surface area contributed by atoms with E-state index in [4.69, 9.17) is 0 Å². The van der Waals surface area contributed by atoms with Crippen LogP contribution in [0.15, 0.2) is 60.7 Å². The maximum Gasteiger partial charge on any atom is 0.305 e. The number of aliphatic hydroxyl groups is 1. The minimum atomic E-state index is -3.56. The minimum Gasteiger partial charge on any atom is -0.469 e. The van der Waals surface area contributed by atoms with Gasteiger partial charge in [-0.2, -0.15) is 12.7 Å². The van der Waals surface area contributed by atoms with Crippen molar-refractivity contribution in [3.63, 3.8) is 0 Å².